The molecule has 8 heteroatoms. The van der Waals surface area contributed by atoms with E-state index < -0.39 is 35.8 Å². The topological polar surface area (TPSA) is 114 Å². The number of carbonyl (C=O) groups is 4. The van der Waals surface area contributed by atoms with Gasteiger partial charge in [0.05, 0.1) is 13.2 Å². The number of ether oxygens (including phenoxy) is 1. The van der Waals surface area contributed by atoms with Gasteiger partial charge in [-0.25, -0.2) is 0 Å². The fraction of sp³-hybridized carbons (Fsp3) is 0.385. The molecule has 0 radical (unpaired) electrons. The highest BCUT2D eigenvalue weighted by Crippen LogP contribution is 2.13. The van der Waals surface area contributed by atoms with Crippen LogP contribution in [0.15, 0.2) is 54.6 Å². The van der Waals surface area contributed by atoms with Crippen molar-refractivity contribution in [3.8, 4) is 5.75 Å². The predicted molar refractivity (Wildman–Crippen MR) is 130 cm³/mol. The lowest BCUT2D eigenvalue weighted by Crippen LogP contribution is -2.54. The Morgan fingerprint density at radius 1 is 0.971 bits per heavy atom. The molecule has 3 amide bonds. The van der Waals surface area contributed by atoms with Crippen LogP contribution in [-0.2, 0) is 20.8 Å². The highest BCUT2D eigenvalue weighted by atomic mass is 16.5. The fourth-order valence-corrected chi connectivity index (χ4v) is 3.35. The summed E-state index contributed by atoms with van der Waals surface area (Å²) in [5, 5.41) is 8.07. The van der Waals surface area contributed by atoms with Crippen molar-refractivity contribution in [2.24, 2.45) is 0 Å². The fourth-order valence-electron chi connectivity index (χ4n) is 3.35. The minimum Gasteiger partial charge on any atom is -0.497 e. The number of benzene rings is 2. The van der Waals surface area contributed by atoms with Crippen LogP contribution in [0.2, 0.25) is 0 Å². The average molecular weight is 468 g/mol. The van der Waals surface area contributed by atoms with Crippen molar-refractivity contribution in [1.29, 1.82) is 0 Å². The first-order chi connectivity index (χ1) is 16.4. The SMILES string of the molecule is CCCCC(C=O)NC(=O)[C@H](C)NC(=O)[C@H](Cc1ccccc1)NC(=O)c1cccc(OC)c1. The Morgan fingerprint density at radius 3 is 2.35 bits per heavy atom. The van der Waals surface area contributed by atoms with Crippen molar-refractivity contribution in [1.82, 2.24) is 16.0 Å². The molecule has 0 aromatic heterocycles. The van der Waals surface area contributed by atoms with Crippen molar-refractivity contribution < 1.29 is 23.9 Å². The normalized spacial score (nSPS) is 13.1. The third-order valence-electron chi connectivity index (χ3n) is 5.35. The lowest BCUT2D eigenvalue weighted by molar-refractivity contribution is -0.130. The monoisotopic (exact) mass is 467 g/mol. The maximum Gasteiger partial charge on any atom is 0.252 e. The molecule has 182 valence electrons. The molecule has 0 saturated heterocycles. The van der Waals surface area contributed by atoms with Gasteiger partial charge in [-0.3, -0.25) is 14.4 Å². The Morgan fingerprint density at radius 2 is 1.71 bits per heavy atom. The standard InChI is InChI=1S/C26H33N3O5/c1-4-5-13-21(17-30)28-24(31)18(2)27-26(33)23(15-19-10-7-6-8-11-19)29-25(32)20-12-9-14-22(16-20)34-3/h6-12,14,16-18,21,23H,4-5,13,15H2,1-3H3,(H,27,33)(H,28,31)(H,29,32)/t18-,21?,23-/m0/s1. The van der Waals surface area contributed by atoms with Crippen molar-refractivity contribution >= 4 is 24.0 Å². The van der Waals surface area contributed by atoms with Gasteiger partial charge in [-0.05, 0) is 37.1 Å². The first-order valence-electron chi connectivity index (χ1n) is 11.4. The zero-order chi connectivity index (χ0) is 24.9. The number of hydrogen-bond donors (Lipinski definition) is 3. The van der Waals surface area contributed by atoms with Gasteiger partial charge in [0.25, 0.3) is 5.91 Å². The number of nitrogens with one attached hydrogen (secondary N) is 3. The lowest BCUT2D eigenvalue weighted by Gasteiger charge is -2.22. The van der Waals surface area contributed by atoms with E-state index in [4.69, 9.17) is 4.74 Å². The first kappa shape index (κ1) is 26.6. The van der Waals surface area contributed by atoms with Gasteiger partial charge in [-0.1, -0.05) is 56.2 Å². The van der Waals surface area contributed by atoms with E-state index in [9.17, 15) is 19.2 Å². The van der Waals surface area contributed by atoms with Crippen LogP contribution in [0.3, 0.4) is 0 Å². The molecule has 0 aliphatic rings. The molecular weight excluding hydrogens is 434 g/mol. The van der Waals surface area contributed by atoms with Gasteiger partial charge in [0.1, 0.15) is 24.1 Å². The van der Waals surface area contributed by atoms with Crippen molar-refractivity contribution in [3.05, 3.63) is 65.7 Å². The Bertz CT molecular complexity index is 964. The van der Waals surface area contributed by atoms with Crippen molar-refractivity contribution in [3.63, 3.8) is 0 Å². The number of hydrogen-bond acceptors (Lipinski definition) is 5. The molecule has 2 aromatic carbocycles. The molecule has 34 heavy (non-hydrogen) atoms. The summed E-state index contributed by atoms with van der Waals surface area (Å²) in [4.78, 5) is 49.7. The minimum atomic E-state index is -0.918. The summed E-state index contributed by atoms with van der Waals surface area (Å²) in [7, 11) is 1.51. The Balaban J connectivity index is 2.11. The summed E-state index contributed by atoms with van der Waals surface area (Å²) in [6.45, 7) is 3.54. The number of methoxy groups -OCH3 is 1. The van der Waals surface area contributed by atoms with Gasteiger partial charge < -0.3 is 25.5 Å². The van der Waals surface area contributed by atoms with E-state index in [2.05, 4.69) is 16.0 Å². The Kier molecular flexibility index (Phi) is 10.8. The van der Waals surface area contributed by atoms with E-state index in [-0.39, 0.29) is 6.42 Å². The summed E-state index contributed by atoms with van der Waals surface area (Å²) in [5.74, 6) is -0.874. The van der Waals surface area contributed by atoms with Crippen LogP contribution < -0.4 is 20.7 Å². The van der Waals surface area contributed by atoms with E-state index >= 15 is 0 Å². The molecule has 0 aliphatic heterocycles. The molecule has 0 bridgehead atoms. The number of aldehydes is 1. The maximum atomic E-state index is 13.1. The van der Waals surface area contributed by atoms with E-state index in [1.165, 1.54) is 7.11 Å². The molecule has 3 N–H and O–H groups in total. The summed E-state index contributed by atoms with van der Waals surface area (Å²) in [6.07, 6.45) is 3.19. The molecular formula is C26H33N3O5. The van der Waals surface area contributed by atoms with Crippen molar-refractivity contribution in [2.75, 3.05) is 7.11 Å². The summed E-state index contributed by atoms with van der Waals surface area (Å²) in [5.41, 5.74) is 1.20. The van der Waals surface area contributed by atoms with E-state index in [0.29, 0.717) is 24.0 Å². The van der Waals surface area contributed by atoms with E-state index in [0.717, 1.165) is 18.4 Å². The van der Waals surface area contributed by atoms with Gasteiger partial charge >= 0.3 is 0 Å². The zero-order valence-corrected chi connectivity index (χ0v) is 19.9. The van der Waals surface area contributed by atoms with E-state index in [1.54, 1.807) is 31.2 Å². The number of unbranched alkanes of at least 4 members (excludes halogenated alkanes) is 1. The largest absolute Gasteiger partial charge is 0.497 e. The Hall–Kier alpha value is -3.68. The highest BCUT2D eigenvalue weighted by molar-refractivity contribution is 5.98. The third-order valence-corrected chi connectivity index (χ3v) is 5.35. The second kappa shape index (κ2) is 13.8. The molecule has 2 rings (SSSR count). The number of rotatable bonds is 13. The summed E-state index contributed by atoms with van der Waals surface area (Å²) in [6, 6.07) is 13.5. The Labute approximate surface area is 200 Å². The van der Waals surface area contributed by atoms with Crippen LogP contribution in [0.4, 0.5) is 0 Å². The van der Waals surface area contributed by atoms with Gasteiger partial charge in [0, 0.05) is 12.0 Å². The molecule has 8 nitrogen and oxygen atoms in total. The van der Waals surface area contributed by atoms with Gasteiger partial charge in [-0.15, -0.1) is 0 Å². The minimum absolute atomic E-state index is 0.240. The van der Waals surface area contributed by atoms with Crippen LogP contribution >= 0.6 is 0 Å². The van der Waals surface area contributed by atoms with E-state index in [1.807, 2.05) is 37.3 Å². The van der Waals surface area contributed by atoms with Crippen LogP contribution in [0.1, 0.15) is 49.0 Å². The quantitative estimate of drug-likeness (QED) is 0.392. The van der Waals surface area contributed by atoms with Crippen LogP contribution in [-0.4, -0.2) is 49.2 Å². The lowest BCUT2D eigenvalue weighted by atomic mass is 10.0. The van der Waals surface area contributed by atoms with Crippen LogP contribution in [0.5, 0.6) is 5.75 Å². The molecule has 3 atom stereocenters. The molecule has 0 aliphatic carbocycles. The molecule has 0 heterocycles. The number of carbonyl (C=O) groups excluding carboxylic acids is 4. The molecule has 2 aromatic rings. The smallest absolute Gasteiger partial charge is 0.252 e. The third kappa shape index (κ3) is 8.35. The maximum absolute atomic E-state index is 13.1. The summed E-state index contributed by atoms with van der Waals surface area (Å²) >= 11 is 0. The van der Waals surface area contributed by atoms with Gasteiger partial charge in [0.15, 0.2) is 0 Å². The predicted octanol–water partition coefficient (Wildman–Crippen LogP) is 2.41. The van der Waals surface area contributed by atoms with Crippen LogP contribution in [0, 0.1) is 0 Å². The highest BCUT2D eigenvalue weighted by Gasteiger charge is 2.26. The molecule has 1 unspecified atom stereocenters. The number of amides is 3. The molecule has 0 fully saturated rings. The first-order valence-corrected chi connectivity index (χ1v) is 11.4. The molecule has 0 spiro atoms. The second-order valence-corrected chi connectivity index (χ2v) is 8.07. The second-order valence-electron chi connectivity index (χ2n) is 8.07. The average Bonchev–Trinajstić information content (AvgIpc) is 2.86. The van der Waals surface area contributed by atoms with Crippen LogP contribution in [0.25, 0.3) is 0 Å². The molecule has 0 saturated carbocycles. The zero-order valence-electron chi connectivity index (χ0n) is 19.9. The van der Waals surface area contributed by atoms with Crippen molar-refractivity contribution in [2.45, 2.75) is 57.7 Å². The summed E-state index contributed by atoms with van der Waals surface area (Å²) < 4.78 is 5.17. The van der Waals surface area contributed by atoms with Gasteiger partial charge in [-0.2, -0.15) is 0 Å². The van der Waals surface area contributed by atoms with Gasteiger partial charge in [0.2, 0.25) is 11.8 Å².